The smallest absolute Gasteiger partial charge is 0.204 e. The maximum absolute atomic E-state index is 12.0. The summed E-state index contributed by atoms with van der Waals surface area (Å²) in [5.74, 6) is 0. The first-order valence-electron chi connectivity index (χ1n) is 4.59. The molecule has 0 amide bonds. The van der Waals surface area contributed by atoms with Gasteiger partial charge in [-0.25, -0.2) is 8.42 Å². The number of sulfone groups is 1. The first-order valence-corrected chi connectivity index (χ1v) is 6.07. The van der Waals surface area contributed by atoms with Gasteiger partial charge in [0.1, 0.15) is 0 Å². The largest absolute Gasteiger partial charge is 0.326 e. The lowest BCUT2D eigenvalue weighted by molar-refractivity contribution is 0.601. The molecule has 0 spiro atoms. The van der Waals surface area contributed by atoms with Crippen LogP contribution in [0.5, 0.6) is 0 Å². The summed E-state index contributed by atoms with van der Waals surface area (Å²) in [5, 5.41) is 0. The highest BCUT2D eigenvalue weighted by Crippen LogP contribution is 2.34. The van der Waals surface area contributed by atoms with Crippen molar-refractivity contribution in [3.8, 4) is 0 Å². The van der Waals surface area contributed by atoms with Crippen LogP contribution >= 0.6 is 0 Å². The molecular weight excluding hydrogens is 212 g/mol. The highest BCUT2D eigenvalue weighted by atomic mass is 32.2. The van der Waals surface area contributed by atoms with Crippen molar-refractivity contribution in [2.45, 2.75) is 11.4 Å². The van der Waals surface area contributed by atoms with Gasteiger partial charge in [0, 0.05) is 13.1 Å². The Kier molecular flexibility index (Phi) is 2.38. The van der Waals surface area contributed by atoms with Gasteiger partial charge in [0.15, 0.2) is 0 Å². The van der Waals surface area contributed by atoms with Gasteiger partial charge in [0.05, 0.1) is 9.80 Å². The van der Waals surface area contributed by atoms with E-state index in [0.29, 0.717) is 16.0 Å². The molecule has 2 rings (SSSR count). The number of hydrogen-bond acceptors (Lipinski definition) is 4. The molecule has 0 saturated carbocycles. The summed E-state index contributed by atoms with van der Waals surface area (Å²) in [5.41, 5.74) is 12.3. The molecule has 0 aliphatic carbocycles. The van der Waals surface area contributed by atoms with E-state index in [2.05, 4.69) is 0 Å². The third kappa shape index (κ3) is 1.40. The van der Waals surface area contributed by atoms with Crippen LogP contribution < -0.4 is 11.5 Å². The Hall–Kier alpha value is -1.17. The van der Waals surface area contributed by atoms with Crippen molar-refractivity contribution in [1.29, 1.82) is 0 Å². The summed E-state index contributed by atoms with van der Waals surface area (Å²) < 4.78 is 24.0. The zero-order valence-electron chi connectivity index (χ0n) is 8.10. The zero-order valence-corrected chi connectivity index (χ0v) is 8.92. The van der Waals surface area contributed by atoms with Crippen LogP contribution in [-0.2, 0) is 16.4 Å². The summed E-state index contributed by atoms with van der Waals surface area (Å²) in [7, 11) is -3.38. The van der Waals surface area contributed by atoms with E-state index in [1.807, 2.05) is 0 Å². The van der Waals surface area contributed by atoms with Crippen molar-refractivity contribution in [2.75, 3.05) is 6.54 Å². The number of benzene rings is 1. The predicted molar refractivity (Wildman–Crippen MR) is 58.6 cm³/mol. The molecule has 80 valence electrons. The summed E-state index contributed by atoms with van der Waals surface area (Å²) in [6.07, 6.45) is 1.61. The van der Waals surface area contributed by atoms with Crippen molar-refractivity contribution in [3.63, 3.8) is 0 Å². The first kappa shape index (κ1) is 10.4. The van der Waals surface area contributed by atoms with Crippen LogP contribution in [0.4, 0.5) is 0 Å². The van der Waals surface area contributed by atoms with E-state index in [1.54, 1.807) is 24.3 Å². The Morgan fingerprint density at radius 1 is 1.13 bits per heavy atom. The Morgan fingerprint density at radius 3 is 2.47 bits per heavy atom. The maximum Gasteiger partial charge on any atom is 0.204 e. The molecule has 4 N–H and O–H groups in total. The van der Waals surface area contributed by atoms with Crippen LogP contribution in [-0.4, -0.2) is 15.0 Å². The van der Waals surface area contributed by atoms with E-state index >= 15 is 0 Å². The van der Waals surface area contributed by atoms with Crippen molar-refractivity contribution in [3.05, 3.63) is 34.2 Å². The van der Waals surface area contributed by atoms with Crippen molar-refractivity contribution >= 4 is 15.9 Å². The van der Waals surface area contributed by atoms with Gasteiger partial charge in [-0.2, -0.15) is 0 Å². The first-order chi connectivity index (χ1) is 7.11. The molecule has 5 heteroatoms. The molecule has 1 aliphatic rings. The minimum Gasteiger partial charge on any atom is -0.326 e. The molecule has 0 unspecified atom stereocenters. The third-order valence-corrected chi connectivity index (χ3v) is 4.49. The van der Waals surface area contributed by atoms with Crippen LogP contribution in [0.3, 0.4) is 0 Å². The number of hydrogen-bond donors (Lipinski definition) is 2. The van der Waals surface area contributed by atoms with E-state index in [0.717, 1.165) is 0 Å². The topological polar surface area (TPSA) is 86.2 Å². The molecule has 0 aromatic heterocycles. The summed E-state index contributed by atoms with van der Waals surface area (Å²) in [6.45, 7) is 0.245. The van der Waals surface area contributed by atoms with Crippen molar-refractivity contribution < 1.29 is 8.42 Å². The second-order valence-electron chi connectivity index (χ2n) is 3.36. The molecule has 0 saturated heterocycles. The van der Waals surface area contributed by atoms with Gasteiger partial charge in [0.2, 0.25) is 9.84 Å². The lowest BCUT2D eigenvalue weighted by atomic mass is 10.1. The van der Waals surface area contributed by atoms with E-state index < -0.39 is 9.84 Å². The Balaban J connectivity index is 2.73. The van der Waals surface area contributed by atoms with Gasteiger partial charge in [0.25, 0.3) is 0 Å². The monoisotopic (exact) mass is 224 g/mol. The average molecular weight is 224 g/mol. The van der Waals surface area contributed by atoms with Crippen LogP contribution in [0.15, 0.2) is 28.0 Å². The molecule has 0 radical (unpaired) electrons. The van der Waals surface area contributed by atoms with E-state index in [-0.39, 0.29) is 18.0 Å². The maximum atomic E-state index is 12.0. The second-order valence-corrected chi connectivity index (χ2v) is 5.30. The Morgan fingerprint density at radius 2 is 1.87 bits per heavy atom. The van der Waals surface area contributed by atoms with Crippen LogP contribution in [0.25, 0.3) is 6.08 Å². The second kappa shape index (κ2) is 3.44. The lowest BCUT2D eigenvalue weighted by Crippen LogP contribution is -2.12. The fourth-order valence-corrected chi connectivity index (χ4v) is 3.46. The molecule has 0 atom stereocenters. The molecule has 1 aliphatic heterocycles. The molecule has 1 heterocycles. The normalized spacial score (nSPS) is 17.3. The zero-order chi connectivity index (χ0) is 11.1. The van der Waals surface area contributed by atoms with Gasteiger partial charge in [-0.05, 0) is 17.2 Å². The highest BCUT2D eigenvalue weighted by Gasteiger charge is 2.30. The van der Waals surface area contributed by atoms with Gasteiger partial charge < -0.3 is 11.5 Å². The van der Waals surface area contributed by atoms with Crippen LogP contribution in [0.1, 0.15) is 11.1 Å². The van der Waals surface area contributed by atoms with E-state index in [1.165, 1.54) is 0 Å². The van der Waals surface area contributed by atoms with E-state index in [9.17, 15) is 8.42 Å². The molecule has 0 fully saturated rings. The Labute approximate surface area is 88.5 Å². The number of nitrogens with two attached hydrogens (primary N) is 2. The molecule has 15 heavy (non-hydrogen) atoms. The SMILES string of the molecule is NCC1=Cc2cccc(CN)c2S1(=O)=O. The van der Waals surface area contributed by atoms with Gasteiger partial charge in [-0.3, -0.25) is 0 Å². The highest BCUT2D eigenvalue weighted by molar-refractivity contribution is 7.96. The minimum atomic E-state index is -3.38. The molecule has 4 nitrogen and oxygen atoms in total. The summed E-state index contributed by atoms with van der Waals surface area (Å²) in [4.78, 5) is 0.589. The lowest BCUT2D eigenvalue weighted by Gasteiger charge is -2.06. The molecule has 0 bridgehead atoms. The summed E-state index contributed by atoms with van der Waals surface area (Å²) in [6, 6.07) is 5.28. The number of rotatable bonds is 2. The fourth-order valence-electron chi connectivity index (χ4n) is 1.76. The summed E-state index contributed by atoms with van der Waals surface area (Å²) >= 11 is 0. The van der Waals surface area contributed by atoms with Gasteiger partial charge in [-0.1, -0.05) is 18.2 Å². The van der Waals surface area contributed by atoms with Crippen molar-refractivity contribution in [2.24, 2.45) is 11.5 Å². The quantitative estimate of drug-likeness (QED) is 0.753. The molecule has 1 aromatic rings. The predicted octanol–water partition coefficient (Wildman–Crippen LogP) is 0.232. The molecule has 1 aromatic carbocycles. The van der Waals surface area contributed by atoms with Crippen LogP contribution in [0, 0.1) is 0 Å². The van der Waals surface area contributed by atoms with Crippen LogP contribution in [0.2, 0.25) is 0 Å². The van der Waals surface area contributed by atoms with Gasteiger partial charge >= 0.3 is 0 Å². The fraction of sp³-hybridized carbons (Fsp3) is 0.200. The third-order valence-electron chi connectivity index (χ3n) is 2.48. The number of fused-ring (bicyclic) bond motifs is 1. The minimum absolute atomic E-state index is 0.0288. The molecular formula is C10H12N2O2S. The standard InChI is InChI=1S/C10H12N2O2S/c11-5-8-3-1-2-7-4-9(6-12)15(13,14)10(7)8/h1-4H,5-6,11-12H2. The van der Waals surface area contributed by atoms with Crippen molar-refractivity contribution in [1.82, 2.24) is 0 Å². The van der Waals surface area contributed by atoms with Gasteiger partial charge in [-0.15, -0.1) is 0 Å². The Bertz CT molecular complexity index is 532. The average Bonchev–Trinajstić information content (AvgIpc) is 2.50. The van der Waals surface area contributed by atoms with E-state index in [4.69, 9.17) is 11.5 Å².